The molecule has 0 heterocycles. The number of unbranched alkanes of at least 4 members (excludes halogenated alkanes) is 2. The molecule has 0 atom stereocenters. The fraction of sp³-hybridized carbons (Fsp3) is 0.600. The van der Waals surface area contributed by atoms with Gasteiger partial charge in [0.15, 0.2) is 0 Å². The van der Waals surface area contributed by atoms with Crippen LogP contribution in [0.5, 0.6) is 0 Å². The lowest BCUT2D eigenvalue weighted by atomic mass is 10.1. The van der Waals surface area contributed by atoms with Gasteiger partial charge in [-0.3, -0.25) is 9.68 Å². The molecule has 0 aliphatic heterocycles. The fourth-order valence-electron chi connectivity index (χ4n) is 1.00. The van der Waals surface area contributed by atoms with Crippen LogP contribution in [-0.4, -0.2) is 24.2 Å². The molecule has 0 amide bonds. The van der Waals surface area contributed by atoms with Crippen LogP contribution in [0.4, 0.5) is 0 Å². The molecule has 0 saturated carbocycles. The number of carbonyl (C=O) groups is 2. The van der Waals surface area contributed by atoms with E-state index >= 15 is 0 Å². The van der Waals surface area contributed by atoms with E-state index in [1.165, 1.54) is 7.11 Å². The Morgan fingerprint density at radius 2 is 2.07 bits per heavy atom. The summed E-state index contributed by atoms with van der Waals surface area (Å²) in [5.74, 6) is -1.80. The molecule has 15 heavy (non-hydrogen) atoms. The summed E-state index contributed by atoms with van der Waals surface area (Å²) in [5.41, 5.74) is 0.123. The summed E-state index contributed by atoms with van der Waals surface area (Å²) in [4.78, 5) is 30.1. The maximum absolute atomic E-state index is 11.2. The van der Waals surface area contributed by atoms with Crippen LogP contribution in [0.2, 0.25) is 0 Å². The van der Waals surface area contributed by atoms with Crippen molar-refractivity contribution in [3.8, 4) is 0 Å². The van der Waals surface area contributed by atoms with Gasteiger partial charge >= 0.3 is 11.9 Å². The lowest BCUT2D eigenvalue weighted by Gasteiger charge is -2.02. The van der Waals surface area contributed by atoms with Crippen LogP contribution in [0.1, 0.15) is 32.6 Å². The Balaban J connectivity index is 4.35. The number of allylic oxidation sites excluding steroid dienone is 1. The summed E-state index contributed by atoms with van der Waals surface area (Å²) in [6.45, 7) is 2.01. The Hall–Kier alpha value is -1.36. The van der Waals surface area contributed by atoms with Crippen molar-refractivity contribution in [1.82, 2.24) is 0 Å². The molecule has 0 fully saturated rings. The van der Waals surface area contributed by atoms with E-state index in [9.17, 15) is 9.59 Å². The van der Waals surface area contributed by atoms with Gasteiger partial charge in [-0.2, -0.15) is 4.89 Å². The standard InChI is InChI=1S/C10H16O5/c1-3-4-5-6-8(7-9(11)12)10(13)15-14-2/h6H,3-5,7H2,1-2H3,(H,11,12). The first-order valence-corrected chi connectivity index (χ1v) is 4.77. The third kappa shape index (κ3) is 6.68. The predicted molar refractivity (Wildman–Crippen MR) is 53.0 cm³/mol. The van der Waals surface area contributed by atoms with E-state index in [0.717, 1.165) is 12.8 Å². The molecule has 0 unspecified atom stereocenters. The first-order valence-electron chi connectivity index (χ1n) is 4.77. The highest BCUT2D eigenvalue weighted by molar-refractivity contribution is 5.93. The molecule has 5 heteroatoms. The normalized spacial score (nSPS) is 11.2. The van der Waals surface area contributed by atoms with Crippen molar-refractivity contribution in [3.63, 3.8) is 0 Å². The summed E-state index contributed by atoms with van der Waals surface area (Å²) in [5, 5.41) is 8.57. The van der Waals surface area contributed by atoms with Gasteiger partial charge in [-0.15, -0.1) is 0 Å². The van der Waals surface area contributed by atoms with Crippen LogP contribution in [0, 0.1) is 0 Å². The summed E-state index contributed by atoms with van der Waals surface area (Å²) in [6.07, 6.45) is 3.79. The van der Waals surface area contributed by atoms with E-state index in [1.807, 2.05) is 6.92 Å². The number of carbonyl (C=O) groups excluding carboxylic acids is 1. The SMILES string of the molecule is CCCCC=C(CC(=O)O)C(=O)OOC. The number of rotatable bonds is 7. The Kier molecular flexibility index (Phi) is 7.27. The van der Waals surface area contributed by atoms with Gasteiger partial charge < -0.3 is 5.11 Å². The van der Waals surface area contributed by atoms with Crippen LogP contribution >= 0.6 is 0 Å². The molecule has 0 bridgehead atoms. The number of aliphatic carboxylic acids is 1. The van der Waals surface area contributed by atoms with Gasteiger partial charge in [0.05, 0.1) is 13.5 Å². The van der Waals surface area contributed by atoms with Crippen molar-refractivity contribution in [2.75, 3.05) is 7.11 Å². The molecule has 86 valence electrons. The number of carboxylic acids is 1. The van der Waals surface area contributed by atoms with E-state index in [0.29, 0.717) is 6.42 Å². The average Bonchev–Trinajstić information content (AvgIpc) is 2.16. The zero-order valence-corrected chi connectivity index (χ0v) is 8.99. The molecule has 0 aromatic heterocycles. The number of hydrogen-bond donors (Lipinski definition) is 1. The van der Waals surface area contributed by atoms with E-state index < -0.39 is 11.9 Å². The quantitative estimate of drug-likeness (QED) is 0.303. The van der Waals surface area contributed by atoms with Crippen molar-refractivity contribution in [2.24, 2.45) is 0 Å². The molecule has 0 aromatic rings. The maximum Gasteiger partial charge on any atom is 0.369 e. The van der Waals surface area contributed by atoms with E-state index in [-0.39, 0.29) is 12.0 Å². The van der Waals surface area contributed by atoms with Crippen LogP contribution in [0.3, 0.4) is 0 Å². The molecule has 0 spiro atoms. The second-order valence-electron chi connectivity index (χ2n) is 2.98. The zero-order chi connectivity index (χ0) is 11.7. The highest BCUT2D eigenvalue weighted by Gasteiger charge is 2.14. The van der Waals surface area contributed by atoms with Crippen molar-refractivity contribution >= 4 is 11.9 Å². The van der Waals surface area contributed by atoms with Gasteiger partial charge in [-0.1, -0.05) is 25.8 Å². The minimum absolute atomic E-state index is 0.123. The van der Waals surface area contributed by atoms with Gasteiger partial charge in [-0.25, -0.2) is 4.79 Å². The van der Waals surface area contributed by atoms with Crippen molar-refractivity contribution in [3.05, 3.63) is 11.6 Å². The van der Waals surface area contributed by atoms with Gasteiger partial charge in [-0.05, 0) is 6.42 Å². The van der Waals surface area contributed by atoms with Gasteiger partial charge in [0.2, 0.25) is 0 Å². The molecule has 0 aliphatic rings. The van der Waals surface area contributed by atoms with Crippen molar-refractivity contribution in [1.29, 1.82) is 0 Å². The summed E-state index contributed by atoms with van der Waals surface area (Å²) >= 11 is 0. The first-order chi connectivity index (χ1) is 7.11. The van der Waals surface area contributed by atoms with E-state index in [1.54, 1.807) is 6.08 Å². The molecule has 0 saturated heterocycles. The Bertz CT molecular complexity index is 244. The number of carboxylic acid groups (broad SMARTS) is 1. The maximum atomic E-state index is 11.2. The van der Waals surface area contributed by atoms with Crippen LogP contribution < -0.4 is 0 Å². The Morgan fingerprint density at radius 1 is 1.40 bits per heavy atom. The van der Waals surface area contributed by atoms with Crippen LogP contribution in [-0.2, 0) is 19.4 Å². The van der Waals surface area contributed by atoms with Crippen molar-refractivity contribution in [2.45, 2.75) is 32.6 Å². The third-order valence-corrected chi connectivity index (χ3v) is 1.71. The molecule has 1 N–H and O–H groups in total. The van der Waals surface area contributed by atoms with Crippen LogP contribution in [0.25, 0.3) is 0 Å². The fourth-order valence-corrected chi connectivity index (χ4v) is 1.00. The summed E-state index contributed by atoms with van der Waals surface area (Å²) in [7, 11) is 1.20. The number of hydrogen-bond acceptors (Lipinski definition) is 4. The highest BCUT2D eigenvalue weighted by Crippen LogP contribution is 2.08. The zero-order valence-electron chi connectivity index (χ0n) is 8.99. The molecular weight excluding hydrogens is 200 g/mol. The second kappa shape index (κ2) is 7.99. The lowest BCUT2D eigenvalue weighted by molar-refractivity contribution is -0.250. The largest absolute Gasteiger partial charge is 0.481 e. The van der Waals surface area contributed by atoms with E-state index in [4.69, 9.17) is 5.11 Å². The monoisotopic (exact) mass is 216 g/mol. The molecular formula is C10H16O5. The van der Waals surface area contributed by atoms with Crippen molar-refractivity contribution < 1.29 is 24.5 Å². The summed E-state index contributed by atoms with van der Waals surface area (Å²) in [6, 6.07) is 0. The summed E-state index contributed by atoms with van der Waals surface area (Å²) < 4.78 is 0. The van der Waals surface area contributed by atoms with E-state index in [2.05, 4.69) is 9.78 Å². The molecule has 0 rings (SSSR count). The van der Waals surface area contributed by atoms with Gasteiger partial charge in [0, 0.05) is 5.57 Å². The van der Waals surface area contributed by atoms with Gasteiger partial charge in [0.25, 0.3) is 0 Å². The minimum atomic E-state index is -1.06. The smallest absolute Gasteiger partial charge is 0.369 e. The topological polar surface area (TPSA) is 72.8 Å². The lowest BCUT2D eigenvalue weighted by Crippen LogP contribution is -2.11. The Morgan fingerprint density at radius 3 is 2.53 bits per heavy atom. The highest BCUT2D eigenvalue weighted by atomic mass is 17.2. The molecule has 5 nitrogen and oxygen atoms in total. The van der Waals surface area contributed by atoms with Crippen LogP contribution in [0.15, 0.2) is 11.6 Å². The Labute approximate surface area is 88.6 Å². The average molecular weight is 216 g/mol. The second-order valence-corrected chi connectivity index (χ2v) is 2.98. The molecule has 0 aromatic carbocycles. The van der Waals surface area contributed by atoms with Gasteiger partial charge in [0.1, 0.15) is 0 Å². The minimum Gasteiger partial charge on any atom is -0.481 e. The molecule has 0 aliphatic carbocycles. The first kappa shape index (κ1) is 13.6. The predicted octanol–water partition coefficient (Wildman–Crippen LogP) is 1.68. The third-order valence-electron chi connectivity index (χ3n) is 1.71. The molecule has 0 radical (unpaired) electrons.